The van der Waals surface area contributed by atoms with Gasteiger partial charge in [-0.15, -0.1) is 0 Å². The SMILES string of the molecule is COc1ccc(N2N=C(C)C(C(=O)Oc3ccc([N+](=O)[O-])cc3)C2=O)nc1-c1ccccc1. The Morgan fingerprint density at radius 1 is 1.06 bits per heavy atom. The average Bonchev–Trinajstić information content (AvgIpc) is 3.13. The van der Waals surface area contributed by atoms with Crippen molar-refractivity contribution in [1.29, 1.82) is 0 Å². The molecular weight excluding hydrogens is 428 g/mol. The smallest absolute Gasteiger partial charge is 0.329 e. The zero-order chi connectivity index (χ0) is 23.5. The van der Waals surface area contributed by atoms with E-state index in [1.54, 1.807) is 19.1 Å². The molecule has 1 aliphatic heterocycles. The summed E-state index contributed by atoms with van der Waals surface area (Å²) in [5, 5.41) is 16.1. The van der Waals surface area contributed by atoms with Gasteiger partial charge in [0.15, 0.2) is 11.7 Å². The van der Waals surface area contributed by atoms with E-state index in [2.05, 4.69) is 10.1 Å². The summed E-state index contributed by atoms with van der Waals surface area (Å²) in [6, 6.07) is 17.5. The first-order valence-corrected chi connectivity index (χ1v) is 9.84. The Balaban J connectivity index is 1.57. The third kappa shape index (κ3) is 4.26. The van der Waals surface area contributed by atoms with Crippen molar-refractivity contribution >= 4 is 29.1 Å². The fraction of sp³-hybridized carbons (Fsp3) is 0.130. The number of pyridine rings is 1. The van der Waals surface area contributed by atoms with Crippen molar-refractivity contribution in [3.8, 4) is 22.8 Å². The summed E-state index contributed by atoms with van der Waals surface area (Å²) in [6.45, 7) is 1.54. The number of nitro benzene ring substituents is 1. The largest absolute Gasteiger partial charge is 0.494 e. The van der Waals surface area contributed by atoms with Crippen LogP contribution >= 0.6 is 0 Å². The molecule has 1 aromatic heterocycles. The summed E-state index contributed by atoms with van der Waals surface area (Å²) in [5.74, 6) is -1.88. The molecule has 1 aliphatic rings. The second-order valence-corrected chi connectivity index (χ2v) is 7.08. The molecule has 166 valence electrons. The third-order valence-corrected chi connectivity index (χ3v) is 4.96. The van der Waals surface area contributed by atoms with E-state index in [1.807, 2.05) is 30.3 Å². The fourth-order valence-corrected chi connectivity index (χ4v) is 3.33. The number of carbonyl (C=O) groups excluding carboxylic acids is 2. The average molecular weight is 446 g/mol. The van der Waals surface area contributed by atoms with Crippen molar-refractivity contribution in [3.05, 3.63) is 76.8 Å². The number of anilines is 1. The number of methoxy groups -OCH3 is 1. The van der Waals surface area contributed by atoms with Crippen molar-refractivity contribution in [1.82, 2.24) is 4.98 Å². The maximum Gasteiger partial charge on any atom is 0.329 e. The summed E-state index contributed by atoms with van der Waals surface area (Å²) in [7, 11) is 1.52. The van der Waals surface area contributed by atoms with Gasteiger partial charge in [0, 0.05) is 17.7 Å². The Morgan fingerprint density at radius 3 is 2.39 bits per heavy atom. The van der Waals surface area contributed by atoms with Crippen LogP contribution in [-0.2, 0) is 9.59 Å². The number of hydrogen-bond acceptors (Lipinski definition) is 8. The van der Waals surface area contributed by atoms with E-state index >= 15 is 0 Å². The zero-order valence-electron chi connectivity index (χ0n) is 17.7. The summed E-state index contributed by atoms with van der Waals surface area (Å²) >= 11 is 0. The number of non-ortho nitro benzene ring substituents is 1. The minimum absolute atomic E-state index is 0.0820. The molecule has 3 aromatic rings. The van der Waals surface area contributed by atoms with Crippen LogP contribution in [0.5, 0.6) is 11.5 Å². The number of nitro groups is 1. The number of nitrogens with zero attached hydrogens (tertiary/aromatic N) is 4. The van der Waals surface area contributed by atoms with Gasteiger partial charge in [0.25, 0.3) is 11.6 Å². The third-order valence-electron chi connectivity index (χ3n) is 4.96. The Labute approximate surface area is 188 Å². The maximum atomic E-state index is 13.0. The second-order valence-electron chi connectivity index (χ2n) is 7.08. The highest BCUT2D eigenvalue weighted by molar-refractivity contribution is 6.25. The standard InChI is InChI=1S/C23H18N4O6/c1-14-20(23(29)33-17-10-8-16(9-11-17)27(30)31)22(28)26(25-14)19-13-12-18(32-2)21(24-19)15-6-4-3-5-7-15/h3-13,20H,1-2H3. The van der Waals surface area contributed by atoms with Gasteiger partial charge in [0.1, 0.15) is 17.2 Å². The number of rotatable bonds is 6. The van der Waals surface area contributed by atoms with Crippen molar-refractivity contribution in [3.63, 3.8) is 0 Å². The van der Waals surface area contributed by atoms with Crippen LogP contribution in [0.2, 0.25) is 0 Å². The molecule has 0 saturated carbocycles. The molecule has 33 heavy (non-hydrogen) atoms. The monoisotopic (exact) mass is 446 g/mol. The molecule has 0 radical (unpaired) electrons. The first-order valence-electron chi connectivity index (χ1n) is 9.84. The van der Waals surface area contributed by atoms with Crippen LogP contribution in [-0.4, -0.2) is 34.6 Å². The molecule has 1 unspecified atom stereocenters. The molecule has 4 rings (SSSR count). The van der Waals surface area contributed by atoms with Gasteiger partial charge in [-0.25, -0.2) is 4.98 Å². The second kappa shape index (κ2) is 8.87. The highest BCUT2D eigenvalue weighted by Gasteiger charge is 2.42. The molecule has 10 heteroatoms. The first-order chi connectivity index (χ1) is 15.9. The van der Waals surface area contributed by atoms with Gasteiger partial charge in [-0.3, -0.25) is 19.7 Å². The van der Waals surface area contributed by atoms with Gasteiger partial charge in [0.05, 0.1) is 17.7 Å². The molecule has 2 heterocycles. The van der Waals surface area contributed by atoms with Crippen molar-refractivity contribution in [2.24, 2.45) is 11.0 Å². The van der Waals surface area contributed by atoms with Gasteiger partial charge in [0.2, 0.25) is 0 Å². The predicted molar refractivity (Wildman–Crippen MR) is 119 cm³/mol. The van der Waals surface area contributed by atoms with Gasteiger partial charge < -0.3 is 9.47 Å². The number of hydrogen-bond donors (Lipinski definition) is 0. The lowest BCUT2D eigenvalue weighted by atomic mass is 10.1. The predicted octanol–water partition coefficient (Wildman–Crippen LogP) is 3.61. The fourth-order valence-electron chi connectivity index (χ4n) is 3.33. The molecule has 0 bridgehead atoms. The molecule has 10 nitrogen and oxygen atoms in total. The quantitative estimate of drug-likeness (QED) is 0.186. The molecule has 0 spiro atoms. The Bertz CT molecular complexity index is 1260. The van der Waals surface area contributed by atoms with Gasteiger partial charge in [-0.05, 0) is 31.2 Å². The summed E-state index contributed by atoms with van der Waals surface area (Å²) in [5.41, 5.74) is 1.41. The molecular formula is C23H18N4O6. The lowest BCUT2D eigenvalue weighted by Crippen LogP contribution is -2.35. The molecule has 2 aromatic carbocycles. The zero-order valence-corrected chi connectivity index (χ0v) is 17.7. The first kappa shape index (κ1) is 21.6. The number of aromatic nitrogens is 1. The number of ether oxygens (including phenoxy) is 2. The van der Waals surface area contributed by atoms with E-state index in [0.717, 1.165) is 10.6 Å². The minimum Gasteiger partial charge on any atom is -0.494 e. The maximum absolute atomic E-state index is 13.0. The molecule has 0 saturated heterocycles. The lowest BCUT2D eigenvalue weighted by Gasteiger charge is -2.15. The van der Waals surface area contributed by atoms with Crippen LogP contribution in [0.3, 0.4) is 0 Å². The van der Waals surface area contributed by atoms with Crippen LogP contribution in [0, 0.1) is 16.0 Å². The van der Waals surface area contributed by atoms with Gasteiger partial charge >= 0.3 is 5.97 Å². The van der Waals surface area contributed by atoms with Gasteiger partial charge in [-0.2, -0.15) is 10.1 Å². The van der Waals surface area contributed by atoms with E-state index in [0.29, 0.717) is 11.4 Å². The summed E-state index contributed by atoms with van der Waals surface area (Å²) in [6.07, 6.45) is 0. The van der Waals surface area contributed by atoms with Crippen LogP contribution < -0.4 is 14.5 Å². The highest BCUT2D eigenvalue weighted by Crippen LogP contribution is 2.32. The van der Waals surface area contributed by atoms with E-state index in [4.69, 9.17) is 9.47 Å². The topological polar surface area (TPSA) is 124 Å². The lowest BCUT2D eigenvalue weighted by molar-refractivity contribution is -0.384. The van der Waals surface area contributed by atoms with Crippen molar-refractivity contribution in [2.75, 3.05) is 12.1 Å². The summed E-state index contributed by atoms with van der Waals surface area (Å²) in [4.78, 5) is 40.5. The molecule has 0 aliphatic carbocycles. The van der Waals surface area contributed by atoms with E-state index < -0.39 is 22.7 Å². The van der Waals surface area contributed by atoms with Crippen LogP contribution in [0.25, 0.3) is 11.3 Å². The number of hydrazone groups is 1. The number of esters is 1. The molecule has 0 fully saturated rings. The van der Waals surface area contributed by atoms with Crippen LogP contribution in [0.15, 0.2) is 71.8 Å². The van der Waals surface area contributed by atoms with E-state index in [1.165, 1.54) is 31.4 Å². The number of carbonyl (C=O) groups is 2. The highest BCUT2D eigenvalue weighted by atomic mass is 16.6. The van der Waals surface area contributed by atoms with Crippen LogP contribution in [0.1, 0.15) is 6.92 Å². The number of amides is 1. The molecule has 1 amide bonds. The normalized spacial score (nSPS) is 15.2. The van der Waals surface area contributed by atoms with Gasteiger partial charge in [-0.1, -0.05) is 30.3 Å². The van der Waals surface area contributed by atoms with Crippen molar-refractivity contribution in [2.45, 2.75) is 6.92 Å². The summed E-state index contributed by atoms with van der Waals surface area (Å²) < 4.78 is 10.7. The Hall–Kier alpha value is -4.60. The van der Waals surface area contributed by atoms with E-state index in [-0.39, 0.29) is 23.0 Å². The minimum atomic E-state index is -1.26. The van der Waals surface area contributed by atoms with E-state index in [9.17, 15) is 19.7 Å². The molecule has 1 atom stereocenters. The molecule has 0 N–H and O–H groups in total. The van der Waals surface area contributed by atoms with Crippen LogP contribution in [0.4, 0.5) is 11.5 Å². The number of benzene rings is 2. The Kier molecular flexibility index (Phi) is 5.81. The van der Waals surface area contributed by atoms with Crippen molar-refractivity contribution < 1.29 is 24.0 Å². The Morgan fingerprint density at radius 2 is 1.76 bits per heavy atom.